The molecule has 1 aromatic heterocycles. The molecule has 1 amide bonds. The SMILES string of the molecule is N#Cc1ccc(CNC(=O)c2cc(C(=O)c3ccc([N+](=O)[O-])cc3)c[nH]2)cc1. The molecular formula is C20H14N4O4. The van der Waals surface area contributed by atoms with E-state index in [1.54, 1.807) is 24.3 Å². The summed E-state index contributed by atoms with van der Waals surface area (Å²) in [5, 5.41) is 22.2. The number of aromatic nitrogens is 1. The molecule has 0 bridgehead atoms. The summed E-state index contributed by atoms with van der Waals surface area (Å²) < 4.78 is 0. The fourth-order valence-electron chi connectivity index (χ4n) is 2.53. The number of nitriles is 1. The summed E-state index contributed by atoms with van der Waals surface area (Å²) in [4.78, 5) is 37.6. The average Bonchev–Trinajstić information content (AvgIpc) is 3.22. The van der Waals surface area contributed by atoms with Crippen LogP contribution in [0.3, 0.4) is 0 Å². The summed E-state index contributed by atoms with van der Waals surface area (Å²) in [6, 6.07) is 15.5. The smallest absolute Gasteiger partial charge is 0.269 e. The largest absolute Gasteiger partial charge is 0.356 e. The van der Waals surface area contributed by atoms with Crippen molar-refractivity contribution in [2.75, 3.05) is 0 Å². The minimum atomic E-state index is -0.541. The molecule has 0 unspecified atom stereocenters. The number of benzene rings is 2. The number of ketones is 1. The van der Waals surface area contributed by atoms with E-state index in [1.807, 2.05) is 6.07 Å². The summed E-state index contributed by atoms with van der Waals surface area (Å²) in [5.41, 5.74) is 2.05. The molecule has 0 saturated carbocycles. The van der Waals surface area contributed by atoms with Crippen molar-refractivity contribution in [3.8, 4) is 6.07 Å². The minimum Gasteiger partial charge on any atom is -0.356 e. The van der Waals surface area contributed by atoms with Crippen molar-refractivity contribution in [3.63, 3.8) is 0 Å². The third-order valence-corrected chi connectivity index (χ3v) is 4.07. The van der Waals surface area contributed by atoms with E-state index in [0.717, 1.165) is 5.56 Å². The maximum Gasteiger partial charge on any atom is 0.269 e. The van der Waals surface area contributed by atoms with Gasteiger partial charge in [-0.1, -0.05) is 12.1 Å². The van der Waals surface area contributed by atoms with Crippen molar-refractivity contribution in [1.29, 1.82) is 5.26 Å². The van der Waals surface area contributed by atoms with E-state index in [4.69, 9.17) is 5.26 Å². The van der Waals surface area contributed by atoms with Gasteiger partial charge >= 0.3 is 0 Å². The summed E-state index contributed by atoms with van der Waals surface area (Å²) in [6.07, 6.45) is 1.42. The van der Waals surface area contributed by atoms with Gasteiger partial charge in [0, 0.05) is 36.0 Å². The predicted molar refractivity (Wildman–Crippen MR) is 99.6 cm³/mol. The van der Waals surface area contributed by atoms with Gasteiger partial charge in [0.2, 0.25) is 0 Å². The number of hydrogen-bond acceptors (Lipinski definition) is 5. The number of carbonyl (C=O) groups is 2. The highest BCUT2D eigenvalue weighted by Gasteiger charge is 2.15. The number of aromatic amines is 1. The molecule has 138 valence electrons. The monoisotopic (exact) mass is 374 g/mol. The van der Waals surface area contributed by atoms with Crippen LogP contribution in [0.2, 0.25) is 0 Å². The molecule has 0 radical (unpaired) electrons. The van der Waals surface area contributed by atoms with Crippen LogP contribution < -0.4 is 5.32 Å². The second kappa shape index (κ2) is 7.97. The van der Waals surface area contributed by atoms with Crippen molar-refractivity contribution in [1.82, 2.24) is 10.3 Å². The number of rotatable bonds is 6. The van der Waals surface area contributed by atoms with Gasteiger partial charge in [-0.2, -0.15) is 5.26 Å². The minimum absolute atomic E-state index is 0.103. The Morgan fingerprint density at radius 3 is 2.36 bits per heavy atom. The fourth-order valence-corrected chi connectivity index (χ4v) is 2.53. The maximum absolute atomic E-state index is 12.5. The summed E-state index contributed by atoms with van der Waals surface area (Å²) in [6.45, 7) is 0.273. The molecule has 0 atom stereocenters. The standard InChI is InChI=1S/C20H14N4O4/c21-10-13-1-3-14(4-2-13)11-23-20(26)18-9-16(12-22-18)19(25)15-5-7-17(8-6-15)24(27)28/h1-9,12,22H,11H2,(H,23,26). The molecule has 8 nitrogen and oxygen atoms in total. The number of H-pyrrole nitrogens is 1. The van der Waals surface area contributed by atoms with Crippen molar-refractivity contribution in [2.45, 2.75) is 6.54 Å². The van der Waals surface area contributed by atoms with Crippen LogP contribution in [0.15, 0.2) is 60.8 Å². The fraction of sp³-hybridized carbons (Fsp3) is 0.0500. The van der Waals surface area contributed by atoms with Crippen LogP contribution in [-0.2, 0) is 6.54 Å². The molecule has 0 aliphatic carbocycles. The first-order chi connectivity index (χ1) is 13.5. The number of nitrogens with zero attached hydrogens (tertiary/aromatic N) is 2. The number of nitrogens with one attached hydrogen (secondary N) is 2. The molecule has 0 spiro atoms. The Hall–Kier alpha value is -4.25. The first-order valence-corrected chi connectivity index (χ1v) is 8.23. The van der Waals surface area contributed by atoms with E-state index in [-0.39, 0.29) is 40.7 Å². The van der Waals surface area contributed by atoms with Crippen molar-refractivity contribution < 1.29 is 14.5 Å². The van der Waals surface area contributed by atoms with Gasteiger partial charge < -0.3 is 10.3 Å². The van der Waals surface area contributed by atoms with Crippen LogP contribution >= 0.6 is 0 Å². The highest BCUT2D eigenvalue weighted by Crippen LogP contribution is 2.16. The zero-order valence-electron chi connectivity index (χ0n) is 14.5. The van der Waals surface area contributed by atoms with Gasteiger partial charge in [-0.15, -0.1) is 0 Å². The Bertz CT molecular complexity index is 1080. The quantitative estimate of drug-likeness (QED) is 0.389. The first kappa shape index (κ1) is 18.5. The molecule has 0 aliphatic heterocycles. The van der Waals surface area contributed by atoms with Crippen LogP contribution in [0.5, 0.6) is 0 Å². The molecule has 28 heavy (non-hydrogen) atoms. The molecular weight excluding hydrogens is 360 g/mol. The Morgan fingerprint density at radius 1 is 1.07 bits per heavy atom. The Kier molecular flexibility index (Phi) is 5.28. The van der Waals surface area contributed by atoms with Crippen LogP contribution in [0.25, 0.3) is 0 Å². The highest BCUT2D eigenvalue weighted by molar-refractivity contribution is 6.10. The van der Waals surface area contributed by atoms with Crippen LogP contribution in [0.4, 0.5) is 5.69 Å². The van der Waals surface area contributed by atoms with Crippen molar-refractivity contribution in [3.05, 3.63) is 98.9 Å². The van der Waals surface area contributed by atoms with E-state index < -0.39 is 4.92 Å². The lowest BCUT2D eigenvalue weighted by molar-refractivity contribution is -0.384. The first-order valence-electron chi connectivity index (χ1n) is 8.23. The second-order valence-electron chi connectivity index (χ2n) is 5.93. The van der Waals surface area contributed by atoms with Crippen LogP contribution in [-0.4, -0.2) is 21.6 Å². The molecule has 0 fully saturated rings. The molecule has 3 aromatic rings. The third-order valence-electron chi connectivity index (χ3n) is 4.07. The van der Waals surface area contributed by atoms with Gasteiger partial charge in [-0.25, -0.2) is 0 Å². The van der Waals surface area contributed by atoms with E-state index in [1.165, 1.54) is 36.5 Å². The number of nitro groups is 1. The zero-order chi connectivity index (χ0) is 20.1. The summed E-state index contributed by atoms with van der Waals surface area (Å²) >= 11 is 0. The third kappa shape index (κ3) is 4.11. The van der Waals surface area contributed by atoms with Gasteiger partial charge in [0.15, 0.2) is 5.78 Å². The molecule has 8 heteroatoms. The van der Waals surface area contributed by atoms with E-state index in [9.17, 15) is 19.7 Å². The van der Waals surface area contributed by atoms with Crippen molar-refractivity contribution in [2.24, 2.45) is 0 Å². The topological polar surface area (TPSA) is 129 Å². The number of nitro benzene ring substituents is 1. The van der Waals surface area contributed by atoms with Gasteiger partial charge in [0.25, 0.3) is 11.6 Å². The molecule has 0 aliphatic rings. The van der Waals surface area contributed by atoms with Gasteiger partial charge in [0.05, 0.1) is 16.6 Å². The Labute approximate surface area is 159 Å². The number of amides is 1. The molecule has 2 aromatic carbocycles. The van der Waals surface area contributed by atoms with E-state index in [0.29, 0.717) is 5.56 Å². The highest BCUT2D eigenvalue weighted by atomic mass is 16.6. The molecule has 2 N–H and O–H groups in total. The van der Waals surface area contributed by atoms with Crippen LogP contribution in [0, 0.1) is 21.4 Å². The summed E-state index contributed by atoms with van der Waals surface area (Å²) in [5.74, 6) is -0.732. The lowest BCUT2D eigenvalue weighted by atomic mass is 10.1. The maximum atomic E-state index is 12.5. The van der Waals surface area contributed by atoms with Crippen LogP contribution in [0.1, 0.15) is 37.5 Å². The Morgan fingerprint density at radius 2 is 1.75 bits per heavy atom. The van der Waals surface area contributed by atoms with Gasteiger partial charge in [-0.05, 0) is 35.9 Å². The number of non-ortho nitro benzene ring substituents is 1. The normalized spacial score (nSPS) is 10.1. The lowest BCUT2D eigenvalue weighted by Gasteiger charge is -2.04. The number of hydrogen-bond donors (Lipinski definition) is 2. The average molecular weight is 374 g/mol. The Balaban J connectivity index is 1.65. The van der Waals surface area contributed by atoms with E-state index in [2.05, 4.69) is 10.3 Å². The van der Waals surface area contributed by atoms with Crippen molar-refractivity contribution >= 4 is 17.4 Å². The molecule has 0 saturated heterocycles. The predicted octanol–water partition coefficient (Wildman–Crippen LogP) is 2.96. The lowest BCUT2D eigenvalue weighted by Crippen LogP contribution is -2.23. The summed E-state index contributed by atoms with van der Waals surface area (Å²) in [7, 11) is 0. The molecule has 3 rings (SSSR count). The van der Waals surface area contributed by atoms with Gasteiger partial charge in [-0.3, -0.25) is 19.7 Å². The van der Waals surface area contributed by atoms with E-state index >= 15 is 0 Å². The second-order valence-corrected chi connectivity index (χ2v) is 5.93. The molecule has 1 heterocycles. The number of carbonyl (C=O) groups excluding carboxylic acids is 2. The zero-order valence-corrected chi connectivity index (χ0v) is 14.5. The van der Waals surface area contributed by atoms with Gasteiger partial charge in [0.1, 0.15) is 5.69 Å².